The van der Waals surface area contributed by atoms with Crippen molar-refractivity contribution in [1.29, 1.82) is 0 Å². The Bertz CT molecular complexity index is 969. The van der Waals surface area contributed by atoms with Crippen LogP contribution in [0.3, 0.4) is 0 Å². The Labute approximate surface area is 163 Å². The molecule has 27 heavy (non-hydrogen) atoms. The van der Waals surface area contributed by atoms with Gasteiger partial charge in [0.05, 0.1) is 0 Å². The summed E-state index contributed by atoms with van der Waals surface area (Å²) in [5.41, 5.74) is 8.75. The van der Waals surface area contributed by atoms with Crippen LogP contribution in [0.2, 0.25) is 5.02 Å². The molecule has 3 heterocycles. The number of hydrogen-bond donors (Lipinski definition) is 1. The summed E-state index contributed by atoms with van der Waals surface area (Å²) >= 11 is 6.02. The van der Waals surface area contributed by atoms with Gasteiger partial charge < -0.3 is 10.6 Å². The number of amides is 1. The first-order valence-corrected chi connectivity index (χ1v) is 9.51. The van der Waals surface area contributed by atoms with Crippen molar-refractivity contribution in [3.05, 3.63) is 71.0 Å². The van der Waals surface area contributed by atoms with Gasteiger partial charge in [0.2, 0.25) is 5.91 Å². The van der Waals surface area contributed by atoms with Crippen LogP contribution in [0, 0.1) is 0 Å². The topological polar surface area (TPSA) is 72.1 Å². The molecule has 2 N–H and O–H groups in total. The molecular formula is C21H21ClN4O. The van der Waals surface area contributed by atoms with Gasteiger partial charge in [-0.05, 0) is 54.8 Å². The van der Waals surface area contributed by atoms with Gasteiger partial charge in [0.25, 0.3) is 0 Å². The molecule has 0 bridgehead atoms. The summed E-state index contributed by atoms with van der Waals surface area (Å²) in [4.78, 5) is 23.7. The molecule has 4 rings (SSSR count). The lowest BCUT2D eigenvalue weighted by molar-refractivity contribution is -0.133. The van der Waals surface area contributed by atoms with Gasteiger partial charge in [-0.2, -0.15) is 0 Å². The highest BCUT2D eigenvalue weighted by molar-refractivity contribution is 6.30. The third-order valence-electron chi connectivity index (χ3n) is 5.18. The van der Waals surface area contributed by atoms with E-state index in [9.17, 15) is 4.79 Å². The van der Waals surface area contributed by atoms with Gasteiger partial charge in [-0.3, -0.25) is 4.79 Å². The minimum Gasteiger partial charge on any atom is -0.341 e. The molecule has 1 aliphatic heterocycles. The van der Waals surface area contributed by atoms with Gasteiger partial charge in [-0.15, -0.1) is 0 Å². The number of likely N-dealkylation sites (tertiary alicyclic amines) is 1. The SMILES string of the molecule is NC(C(=O)N1CCC(c2ccc3cccnc3n2)CC1)c1cccc(Cl)c1. The van der Waals surface area contributed by atoms with Crippen molar-refractivity contribution >= 4 is 28.5 Å². The second-order valence-corrected chi connectivity index (χ2v) is 7.35. The smallest absolute Gasteiger partial charge is 0.244 e. The molecule has 1 amide bonds. The zero-order chi connectivity index (χ0) is 18.8. The number of hydrogen-bond acceptors (Lipinski definition) is 4. The van der Waals surface area contributed by atoms with Gasteiger partial charge in [0.1, 0.15) is 6.04 Å². The molecule has 138 valence electrons. The monoisotopic (exact) mass is 380 g/mol. The van der Waals surface area contributed by atoms with E-state index >= 15 is 0 Å². The number of nitrogens with zero attached hydrogens (tertiary/aromatic N) is 3. The maximum atomic E-state index is 12.8. The molecule has 2 aromatic heterocycles. The Balaban J connectivity index is 1.42. The zero-order valence-corrected chi connectivity index (χ0v) is 15.6. The Morgan fingerprint density at radius 3 is 2.74 bits per heavy atom. The minimum atomic E-state index is -0.678. The molecular weight excluding hydrogens is 360 g/mol. The van der Waals surface area contributed by atoms with Crippen LogP contribution in [0.25, 0.3) is 11.0 Å². The van der Waals surface area contributed by atoms with Crippen molar-refractivity contribution in [3.63, 3.8) is 0 Å². The fourth-order valence-electron chi connectivity index (χ4n) is 3.63. The fourth-order valence-corrected chi connectivity index (χ4v) is 3.83. The molecule has 0 saturated carbocycles. The molecule has 1 saturated heterocycles. The molecule has 5 nitrogen and oxygen atoms in total. The van der Waals surface area contributed by atoms with Crippen molar-refractivity contribution in [1.82, 2.24) is 14.9 Å². The van der Waals surface area contributed by atoms with Crippen molar-refractivity contribution in [2.24, 2.45) is 5.73 Å². The van der Waals surface area contributed by atoms with E-state index in [0.29, 0.717) is 24.0 Å². The second kappa shape index (κ2) is 7.62. The molecule has 1 aliphatic rings. The summed E-state index contributed by atoms with van der Waals surface area (Å²) in [6.45, 7) is 1.36. The van der Waals surface area contributed by atoms with E-state index in [1.54, 1.807) is 18.3 Å². The first-order valence-electron chi connectivity index (χ1n) is 9.13. The average Bonchev–Trinajstić information content (AvgIpc) is 2.72. The number of carbonyl (C=O) groups is 1. The summed E-state index contributed by atoms with van der Waals surface area (Å²) in [5, 5.41) is 1.63. The molecule has 0 radical (unpaired) electrons. The number of halogens is 1. The largest absolute Gasteiger partial charge is 0.341 e. The Morgan fingerprint density at radius 2 is 1.96 bits per heavy atom. The van der Waals surface area contributed by atoms with Crippen LogP contribution < -0.4 is 5.73 Å². The second-order valence-electron chi connectivity index (χ2n) is 6.92. The number of rotatable bonds is 3. The van der Waals surface area contributed by atoms with E-state index in [1.807, 2.05) is 29.2 Å². The van der Waals surface area contributed by atoms with E-state index in [4.69, 9.17) is 22.3 Å². The Kier molecular flexibility index (Phi) is 5.05. The van der Waals surface area contributed by atoms with Crippen LogP contribution in [0.15, 0.2) is 54.7 Å². The van der Waals surface area contributed by atoms with Crippen molar-refractivity contribution in [2.75, 3.05) is 13.1 Å². The molecule has 1 unspecified atom stereocenters. The van der Waals surface area contributed by atoms with E-state index in [2.05, 4.69) is 17.1 Å². The predicted octanol–water partition coefficient (Wildman–Crippen LogP) is 3.69. The van der Waals surface area contributed by atoms with Gasteiger partial charge >= 0.3 is 0 Å². The van der Waals surface area contributed by atoms with Gasteiger partial charge in [0, 0.05) is 41.3 Å². The quantitative estimate of drug-likeness (QED) is 0.752. The van der Waals surface area contributed by atoms with Crippen LogP contribution in [0.1, 0.15) is 36.1 Å². The maximum Gasteiger partial charge on any atom is 0.244 e. The minimum absolute atomic E-state index is 0.0520. The highest BCUT2D eigenvalue weighted by atomic mass is 35.5. The van der Waals surface area contributed by atoms with Gasteiger partial charge in [-0.25, -0.2) is 9.97 Å². The summed E-state index contributed by atoms with van der Waals surface area (Å²) in [5.74, 6) is 0.284. The fraction of sp³-hybridized carbons (Fsp3) is 0.286. The lowest BCUT2D eigenvalue weighted by Crippen LogP contribution is -2.43. The van der Waals surface area contributed by atoms with Crippen LogP contribution in [0.4, 0.5) is 0 Å². The number of carbonyl (C=O) groups excluding carboxylic acids is 1. The summed E-state index contributed by atoms with van der Waals surface area (Å²) in [6.07, 6.45) is 3.51. The standard InChI is InChI=1S/C21H21ClN4O/c22-17-5-1-3-16(13-17)19(23)21(27)26-11-8-14(9-12-26)18-7-6-15-4-2-10-24-20(15)25-18/h1-7,10,13-14,19H,8-9,11-12,23H2. The third kappa shape index (κ3) is 3.80. The van der Waals surface area contributed by atoms with E-state index in [1.165, 1.54) is 0 Å². The molecule has 1 fully saturated rings. The lowest BCUT2D eigenvalue weighted by atomic mass is 9.92. The van der Waals surface area contributed by atoms with Gasteiger partial charge in [-0.1, -0.05) is 23.7 Å². The lowest BCUT2D eigenvalue weighted by Gasteiger charge is -2.33. The molecule has 0 aliphatic carbocycles. The van der Waals surface area contributed by atoms with Crippen LogP contribution in [-0.4, -0.2) is 33.9 Å². The number of aromatic nitrogens is 2. The molecule has 3 aromatic rings. The first kappa shape index (κ1) is 17.9. The number of pyridine rings is 2. The highest BCUT2D eigenvalue weighted by Gasteiger charge is 2.28. The van der Waals surface area contributed by atoms with Crippen molar-refractivity contribution < 1.29 is 4.79 Å². The van der Waals surface area contributed by atoms with Crippen molar-refractivity contribution in [3.8, 4) is 0 Å². The van der Waals surface area contributed by atoms with Crippen molar-refractivity contribution in [2.45, 2.75) is 24.8 Å². The number of piperidine rings is 1. The van der Waals surface area contributed by atoms with E-state index in [0.717, 1.165) is 35.1 Å². The third-order valence-corrected chi connectivity index (χ3v) is 5.42. The molecule has 6 heteroatoms. The van der Waals surface area contributed by atoms with Crippen LogP contribution in [0.5, 0.6) is 0 Å². The predicted molar refractivity (Wildman–Crippen MR) is 106 cm³/mol. The first-order chi connectivity index (χ1) is 13.1. The molecule has 1 aromatic carbocycles. The highest BCUT2D eigenvalue weighted by Crippen LogP contribution is 2.29. The van der Waals surface area contributed by atoms with Crippen LogP contribution in [-0.2, 0) is 4.79 Å². The average molecular weight is 381 g/mol. The summed E-state index contributed by atoms with van der Waals surface area (Å²) < 4.78 is 0. The number of fused-ring (bicyclic) bond motifs is 1. The number of benzene rings is 1. The van der Waals surface area contributed by atoms with E-state index in [-0.39, 0.29) is 5.91 Å². The Hall–Kier alpha value is -2.50. The van der Waals surface area contributed by atoms with Gasteiger partial charge in [0.15, 0.2) is 5.65 Å². The summed E-state index contributed by atoms with van der Waals surface area (Å²) in [6, 6.07) is 14.6. The number of nitrogens with two attached hydrogens (primary N) is 1. The summed E-state index contributed by atoms with van der Waals surface area (Å²) in [7, 11) is 0. The molecule has 1 atom stereocenters. The zero-order valence-electron chi connectivity index (χ0n) is 14.9. The normalized spacial score (nSPS) is 16.4. The molecule has 0 spiro atoms. The van der Waals surface area contributed by atoms with Crippen LogP contribution >= 0.6 is 11.6 Å². The van der Waals surface area contributed by atoms with E-state index < -0.39 is 6.04 Å². The Morgan fingerprint density at radius 1 is 1.15 bits per heavy atom. The maximum absolute atomic E-state index is 12.8.